The minimum atomic E-state index is -3.83. The zero-order chi connectivity index (χ0) is 24.9. The Hall–Kier alpha value is -3.47. The van der Waals surface area contributed by atoms with Gasteiger partial charge in [0.25, 0.3) is 0 Å². The molecule has 0 aromatic heterocycles. The van der Waals surface area contributed by atoms with Gasteiger partial charge in [-0.15, -0.1) is 0 Å². The average Bonchev–Trinajstić information content (AvgIpc) is 3.32. The third-order valence-electron chi connectivity index (χ3n) is 5.52. The third kappa shape index (κ3) is 5.53. The number of methoxy groups -OCH3 is 1. The van der Waals surface area contributed by atoms with E-state index in [0.717, 1.165) is 9.87 Å². The first-order valence-electron chi connectivity index (χ1n) is 10.7. The number of carbonyl (C=O) groups excluding carboxylic acids is 2. The highest BCUT2D eigenvalue weighted by molar-refractivity contribution is 7.92. The van der Waals surface area contributed by atoms with Crippen molar-refractivity contribution in [3.8, 4) is 17.2 Å². The molecule has 1 unspecified atom stereocenters. The van der Waals surface area contributed by atoms with Crippen LogP contribution in [0.2, 0.25) is 0 Å². The number of anilines is 1. The first kappa shape index (κ1) is 25.2. The molecule has 0 spiro atoms. The Morgan fingerprint density at radius 1 is 1.15 bits per heavy atom. The number of ether oxygens (including phenoxy) is 3. The van der Waals surface area contributed by atoms with Crippen molar-refractivity contribution in [3.05, 3.63) is 48.0 Å². The average molecular weight is 492 g/mol. The number of sulfonamides is 1. The number of likely N-dealkylation sites (N-methyl/N-ethyl adjacent to an activating group) is 1. The van der Waals surface area contributed by atoms with Crippen LogP contribution in [0.1, 0.15) is 19.4 Å². The minimum Gasteiger partial charge on any atom is -0.497 e. The number of nitrogens with zero attached hydrogens (tertiary/aromatic N) is 2. The molecule has 11 heteroatoms. The van der Waals surface area contributed by atoms with Crippen LogP contribution in [0.5, 0.6) is 17.2 Å². The Balaban J connectivity index is 1.94. The number of benzene rings is 2. The van der Waals surface area contributed by atoms with Crippen LogP contribution in [0.25, 0.3) is 0 Å². The highest BCUT2D eigenvalue weighted by Crippen LogP contribution is 2.36. The highest BCUT2D eigenvalue weighted by atomic mass is 32.2. The Morgan fingerprint density at radius 3 is 2.56 bits per heavy atom. The standard InChI is InChI=1S/C23H29N3O7S/c1-5-34(29,30)26(18-9-10-20-21(12-18)33-15-32-20)14-22(27)25(16(2)23(28)24-3)13-17-7-6-8-19(11-17)31-4/h6-12,16H,5,13-15H2,1-4H3,(H,24,28). The van der Waals surface area contributed by atoms with Gasteiger partial charge in [0, 0.05) is 19.7 Å². The van der Waals surface area contributed by atoms with Crippen molar-refractivity contribution in [1.29, 1.82) is 0 Å². The summed E-state index contributed by atoms with van der Waals surface area (Å²) >= 11 is 0. The van der Waals surface area contributed by atoms with E-state index in [1.54, 1.807) is 43.3 Å². The van der Waals surface area contributed by atoms with Gasteiger partial charge in [0.05, 0.1) is 18.6 Å². The van der Waals surface area contributed by atoms with Gasteiger partial charge in [0.2, 0.25) is 28.6 Å². The lowest BCUT2D eigenvalue weighted by atomic mass is 10.1. The van der Waals surface area contributed by atoms with Crippen molar-refractivity contribution in [2.24, 2.45) is 0 Å². The SMILES string of the molecule is CCS(=O)(=O)N(CC(=O)N(Cc1cccc(OC)c1)C(C)C(=O)NC)c1ccc2c(c1)OCO2. The zero-order valence-corrected chi connectivity index (χ0v) is 20.4. The van der Waals surface area contributed by atoms with E-state index >= 15 is 0 Å². The van der Waals surface area contributed by atoms with Crippen LogP contribution in [-0.4, -0.2) is 64.4 Å². The van der Waals surface area contributed by atoms with E-state index in [4.69, 9.17) is 14.2 Å². The largest absolute Gasteiger partial charge is 0.497 e. The summed E-state index contributed by atoms with van der Waals surface area (Å²) in [4.78, 5) is 27.3. The fraction of sp³-hybridized carbons (Fsp3) is 0.391. The van der Waals surface area contributed by atoms with Gasteiger partial charge in [-0.3, -0.25) is 13.9 Å². The molecule has 2 aromatic carbocycles. The molecule has 1 aliphatic rings. The normalized spacial score (nSPS) is 13.2. The summed E-state index contributed by atoms with van der Waals surface area (Å²) in [6.45, 7) is 2.74. The van der Waals surface area contributed by atoms with Crippen LogP contribution in [0.15, 0.2) is 42.5 Å². The molecule has 2 amide bonds. The molecule has 1 N–H and O–H groups in total. The summed E-state index contributed by atoms with van der Waals surface area (Å²) in [6.07, 6.45) is 0. The number of hydrogen-bond donors (Lipinski definition) is 1. The van der Waals surface area contributed by atoms with Crippen LogP contribution in [0.4, 0.5) is 5.69 Å². The maximum Gasteiger partial charge on any atom is 0.244 e. The van der Waals surface area contributed by atoms with Crippen molar-refractivity contribution in [2.75, 3.05) is 37.6 Å². The number of rotatable bonds is 10. The van der Waals surface area contributed by atoms with E-state index in [1.165, 1.54) is 32.0 Å². The molecule has 0 saturated heterocycles. The number of hydrogen-bond acceptors (Lipinski definition) is 7. The van der Waals surface area contributed by atoms with E-state index in [1.807, 2.05) is 0 Å². The Bertz CT molecular complexity index is 1150. The Kier molecular flexibility index (Phi) is 7.87. The van der Waals surface area contributed by atoms with Gasteiger partial charge in [0.1, 0.15) is 18.3 Å². The van der Waals surface area contributed by atoms with Gasteiger partial charge >= 0.3 is 0 Å². The second-order valence-corrected chi connectivity index (χ2v) is 9.79. The Labute approximate surface area is 199 Å². The molecule has 10 nitrogen and oxygen atoms in total. The quantitative estimate of drug-likeness (QED) is 0.538. The maximum atomic E-state index is 13.5. The van der Waals surface area contributed by atoms with Crippen LogP contribution < -0.4 is 23.8 Å². The molecule has 2 aromatic rings. The number of nitrogens with one attached hydrogen (secondary N) is 1. The molecular formula is C23H29N3O7S. The third-order valence-corrected chi connectivity index (χ3v) is 7.27. The topological polar surface area (TPSA) is 114 Å². The lowest BCUT2D eigenvalue weighted by molar-refractivity contribution is -0.139. The highest BCUT2D eigenvalue weighted by Gasteiger charge is 2.31. The number of carbonyl (C=O) groups is 2. The summed E-state index contributed by atoms with van der Waals surface area (Å²) in [6, 6.07) is 11.0. The first-order chi connectivity index (χ1) is 16.2. The summed E-state index contributed by atoms with van der Waals surface area (Å²) in [5.74, 6) is 0.381. The Morgan fingerprint density at radius 2 is 1.88 bits per heavy atom. The van der Waals surface area contributed by atoms with Gasteiger partial charge in [-0.25, -0.2) is 8.42 Å². The monoisotopic (exact) mass is 491 g/mol. The van der Waals surface area contributed by atoms with E-state index in [-0.39, 0.29) is 30.7 Å². The maximum absolute atomic E-state index is 13.5. The van der Waals surface area contributed by atoms with Gasteiger partial charge in [0.15, 0.2) is 11.5 Å². The lowest BCUT2D eigenvalue weighted by Gasteiger charge is -2.31. The molecule has 184 valence electrons. The van der Waals surface area contributed by atoms with Crippen molar-refractivity contribution < 1.29 is 32.2 Å². The molecule has 0 bridgehead atoms. The summed E-state index contributed by atoms with van der Waals surface area (Å²) in [7, 11) is -0.810. The first-order valence-corrected chi connectivity index (χ1v) is 12.3. The lowest BCUT2D eigenvalue weighted by Crippen LogP contribution is -2.50. The van der Waals surface area contributed by atoms with E-state index < -0.39 is 28.5 Å². The molecule has 3 rings (SSSR count). The predicted octanol–water partition coefficient (Wildman–Crippen LogP) is 1.74. The van der Waals surface area contributed by atoms with E-state index in [0.29, 0.717) is 17.2 Å². The molecule has 0 radical (unpaired) electrons. The van der Waals surface area contributed by atoms with Crippen molar-refractivity contribution >= 4 is 27.5 Å². The van der Waals surface area contributed by atoms with Crippen LogP contribution in [0, 0.1) is 0 Å². The molecule has 1 atom stereocenters. The molecule has 0 aliphatic carbocycles. The minimum absolute atomic E-state index is 0.0379. The van der Waals surface area contributed by atoms with Crippen molar-refractivity contribution in [3.63, 3.8) is 0 Å². The zero-order valence-electron chi connectivity index (χ0n) is 19.6. The van der Waals surface area contributed by atoms with Crippen molar-refractivity contribution in [2.45, 2.75) is 26.4 Å². The van der Waals surface area contributed by atoms with E-state index in [9.17, 15) is 18.0 Å². The molecule has 1 heterocycles. The fourth-order valence-corrected chi connectivity index (χ4v) is 4.57. The second-order valence-electron chi connectivity index (χ2n) is 7.61. The number of fused-ring (bicyclic) bond motifs is 1. The van der Waals surface area contributed by atoms with E-state index in [2.05, 4.69) is 5.32 Å². The summed E-state index contributed by atoms with van der Waals surface area (Å²) in [5.41, 5.74) is 1.00. The van der Waals surface area contributed by atoms with Crippen molar-refractivity contribution in [1.82, 2.24) is 10.2 Å². The predicted molar refractivity (Wildman–Crippen MR) is 126 cm³/mol. The van der Waals surface area contributed by atoms with Gasteiger partial charge < -0.3 is 24.4 Å². The molecular weight excluding hydrogens is 462 g/mol. The van der Waals surface area contributed by atoms with Crippen LogP contribution in [0.3, 0.4) is 0 Å². The van der Waals surface area contributed by atoms with Gasteiger partial charge in [-0.2, -0.15) is 0 Å². The molecule has 0 saturated carbocycles. The van der Waals surface area contributed by atoms with Gasteiger partial charge in [-0.05, 0) is 43.7 Å². The molecule has 34 heavy (non-hydrogen) atoms. The second kappa shape index (κ2) is 10.6. The summed E-state index contributed by atoms with van der Waals surface area (Å²) in [5, 5.41) is 2.54. The molecule has 1 aliphatic heterocycles. The smallest absolute Gasteiger partial charge is 0.244 e. The summed E-state index contributed by atoms with van der Waals surface area (Å²) < 4.78 is 42.8. The fourth-order valence-electron chi connectivity index (χ4n) is 3.52. The van der Waals surface area contributed by atoms with Gasteiger partial charge in [-0.1, -0.05) is 12.1 Å². The number of amides is 2. The van der Waals surface area contributed by atoms with Crippen LogP contribution in [-0.2, 0) is 26.2 Å². The van der Waals surface area contributed by atoms with Crippen LogP contribution >= 0.6 is 0 Å². The molecule has 0 fully saturated rings.